The van der Waals surface area contributed by atoms with Crippen LogP contribution in [0.2, 0.25) is 0 Å². The Labute approximate surface area is 147 Å². The van der Waals surface area contributed by atoms with Gasteiger partial charge >= 0.3 is 0 Å². The number of aliphatic imine (C=N–C) groups is 1. The average Bonchev–Trinajstić information content (AvgIpc) is 2.60. The van der Waals surface area contributed by atoms with Gasteiger partial charge < -0.3 is 20.4 Å². The van der Waals surface area contributed by atoms with Crippen LogP contribution in [0.15, 0.2) is 29.3 Å². The highest BCUT2D eigenvalue weighted by atomic mass is 15.2. The zero-order valence-corrected chi connectivity index (χ0v) is 15.7. The van der Waals surface area contributed by atoms with Crippen molar-refractivity contribution >= 4 is 11.6 Å². The molecule has 0 atom stereocenters. The first kappa shape index (κ1) is 18.6. The number of likely N-dealkylation sites (tertiary alicyclic amines) is 1. The summed E-state index contributed by atoms with van der Waals surface area (Å²) in [6, 6.07) is 9.12. The minimum absolute atomic E-state index is 0.525. The van der Waals surface area contributed by atoms with Crippen LogP contribution in [0.25, 0.3) is 0 Å². The maximum Gasteiger partial charge on any atom is 0.191 e. The van der Waals surface area contributed by atoms with Crippen molar-refractivity contribution in [1.29, 1.82) is 0 Å². The van der Waals surface area contributed by atoms with Crippen LogP contribution in [0.5, 0.6) is 0 Å². The lowest BCUT2D eigenvalue weighted by Gasteiger charge is -2.32. The second kappa shape index (κ2) is 9.52. The third-order valence-corrected chi connectivity index (χ3v) is 4.58. The molecular weight excluding hydrogens is 298 g/mol. The summed E-state index contributed by atoms with van der Waals surface area (Å²) in [5.74, 6) is 0.902. The quantitative estimate of drug-likeness (QED) is 0.620. The van der Waals surface area contributed by atoms with Gasteiger partial charge in [0, 0.05) is 52.5 Å². The number of piperidine rings is 1. The first-order valence-electron chi connectivity index (χ1n) is 9.08. The van der Waals surface area contributed by atoms with E-state index in [0.29, 0.717) is 6.04 Å². The summed E-state index contributed by atoms with van der Waals surface area (Å²) in [5, 5.41) is 7.02. The summed E-state index contributed by atoms with van der Waals surface area (Å²) in [5.41, 5.74) is 2.49. The van der Waals surface area contributed by atoms with E-state index in [1.54, 1.807) is 0 Å². The second-order valence-corrected chi connectivity index (χ2v) is 6.75. The number of nitrogens with zero attached hydrogens (tertiary/aromatic N) is 3. The zero-order chi connectivity index (χ0) is 17.4. The fourth-order valence-electron chi connectivity index (χ4n) is 3.14. The van der Waals surface area contributed by atoms with E-state index in [9.17, 15) is 0 Å². The topological polar surface area (TPSA) is 42.9 Å². The number of hydrogen-bond donors (Lipinski definition) is 2. The summed E-state index contributed by atoms with van der Waals surface area (Å²) < 4.78 is 0. The summed E-state index contributed by atoms with van der Waals surface area (Å²) in [7, 11) is 5.98. The Bertz CT molecular complexity index is 518. The second-order valence-electron chi connectivity index (χ2n) is 6.75. The third-order valence-electron chi connectivity index (χ3n) is 4.58. The van der Waals surface area contributed by atoms with E-state index in [-0.39, 0.29) is 0 Å². The van der Waals surface area contributed by atoms with Gasteiger partial charge in [0.1, 0.15) is 0 Å². The summed E-state index contributed by atoms with van der Waals surface area (Å²) in [6.45, 7) is 6.64. The molecule has 1 aromatic rings. The lowest BCUT2D eigenvalue weighted by Crippen LogP contribution is -2.48. The summed E-state index contributed by atoms with van der Waals surface area (Å²) in [6.07, 6.45) is 3.63. The Balaban J connectivity index is 1.80. The smallest absolute Gasteiger partial charge is 0.191 e. The molecule has 0 saturated carbocycles. The fourth-order valence-corrected chi connectivity index (χ4v) is 3.14. The number of hydrogen-bond acceptors (Lipinski definition) is 3. The summed E-state index contributed by atoms with van der Waals surface area (Å²) in [4.78, 5) is 9.06. The molecule has 5 nitrogen and oxygen atoms in total. The van der Waals surface area contributed by atoms with Gasteiger partial charge in [0.05, 0.1) is 0 Å². The van der Waals surface area contributed by atoms with Gasteiger partial charge in [-0.15, -0.1) is 0 Å². The number of guanidine groups is 1. The van der Waals surface area contributed by atoms with Crippen molar-refractivity contribution < 1.29 is 0 Å². The van der Waals surface area contributed by atoms with Gasteiger partial charge in [-0.1, -0.05) is 19.1 Å². The SMILES string of the molecule is CCCN1CCC(NC(=NC)NCc2cccc(N(C)C)c2)CC1. The number of benzene rings is 1. The zero-order valence-electron chi connectivity index (χ0n) is 15.7. The highest BCUT2D eigenvalue weighted by molar-refractivity contribution is 5.80. The van der Waals surface area contributed by atoms with Crippen molar-refractivity contribution in [2.75, 3.05) is 45.7 Å². The van der Waals surface area contributed by atoms with E-state index >= 15 is 0 Å². The molecule has 0 unspecified atom stereocenters. The van der Waals surface area contributed by atoms with Crippen LogP contribution in [-0.2, 0) is 6.54 Å². The molecule has 0 spiro atoms. The van der Waals surface area contributed by atoms with Gasteiger partial charge in [0.15, 0.2) is 5.96 Å². The molecule has 0 radical (unpaired) electrons. The Morgan fingerprint density at radius 1 is 1.29 bits per heavy atom. The molecule has 1 aliphatic rings. The molecule has 0 aromatic heterocycles. The van der Waals surface area contributed by atoms with Crippen LogP contribution in [0.3, 0.4) is 0 Å². The van der Waals surface area contributed by atoms with E-state index in [2.05, 4.69) is 70.7 Å². The van der Waals surface area contributed by atoms with E-state index in [1.165, 1.54) is 50.1 Å². The number of rotatable bonds is 6. The molecule has 0 aliphatic carbocycles. The van der Waals surface area contributed by atoms with Gasteiger partial charge in [0.25, 0.3) is 0 Å². The predicted molar refractivity (Wildman–Crippen MR) is 104 cm³/mol. The van der Waals surface area contributed by atoms with Crippen molar-refractivity contribution in [3.05, 3.63) is 29.8 Å². The average molecular weight is 332 g/mol. The molecule has 24 heavy (non-hydrogen) atoms. The monoisotopic (exact) mass is 331 g/mol. The Hall–Kier alpha value is -1.75. The molecule has 1 aromatic carbocycles. The van der Waals surface area contributed by atoms with Gasteiger partial charge in [-0.3, -0.25) is 4.99 Å². The van der Waals surface area contributed by atoms with Crippen LogP contribution in [0, 0.1) is 0 Å². The predicted octanol–water partition coefficient (Wildman–Crippen LogP) is 2.29. The standard InChI is InChI=1S/C19H33N5/c1-5-11-24-12-9-17(10-13-24)22-19(20-2)21-15-16-7-6-8-18(14-16)23(3)4/h6-8,14,17H,5,9-13,15H2,1-4H3,(H2,20,21,22). The van der Waals surface area contributed by atoms with Crippen molar-refractivity contribution in [2.45, 2.75) is 38.8 Å². The molecule has 1 fully saturated rings. The minimum Gasteiger partial charge on any atom is -0.378 e. The number of anilines is 1. The van der Waals surface area contributed by atoms with E-state index < -0.39 is 0 Å². The molecule has 0 amide bonds. The van der Waals surface area contributed by atoms with E-state index in [1.807, 2.05) is 7.05 Å². The van der Waals surface area contributed by atoms with E-state index in [4.69, 9.17) is 0 Å². The molecule has 2 rings (SSSR count). The lowest BCUT2D eigenvalue weighted by atomic mass is 10.1. The van der Waals surface area contributed by atoms with Crippen molar-refractivity contribution in [3.8, 4) is 0 Å². The van der Waals surface area contributed by atoms with Crippen LogP contribution >= 0.6 is 0 Å². The molecule has 5 heteroatoms. The minimum atomic E-state index is 0.525. The fraction of sp³-hybridized carbons (Fsp3) is 0.632. The van der Waals surface area contributed by atoms with Gasteiger partial charge in [-0.25, -0.2) is 0 Å². The lowest BCUT2D eigenvalue weighted by molar-refractivity contribution is 0.206. The van der Waals surface area contributed by atoms with Crippen LogP contribution < -0.4 is 15.5 Å². The molecule has 134 valence electrons. The van der Waals surface area contributed by atoms with Gasteiger partial charge in [-0.2, -0.15) is 0 Å². The van der Waals surface area contributed by atoms with Gasteiger partial charge in [-0.05, 0) is 43.5 Å². The molecule has 0 bridgehead atoms. The Morgan fingerprint density at radius 3 is 2.67 bits per heavy atom. The van der Waals surface area contributed by atoms with Crippen molar-refractivity contribution in [1.82, 2.24) is 15.5 Å². The van der Waals surface area contributed by atoms with Crippen LogP contribution in [0.1, 0.15) is 31.7 Å². The maximum atomic E-state index is 4.38. The third kappa shape index (κ3) is 5.71. The van der Waals surface area contributed by atoms with Crippen molar-refractivity contribution in [2.24, 2.45) is 4.99 Å². The molecule has 2 N–H and O–H groups in total. The van der Waals surface area contributed by atoms with Crippen molar-refractivity contribution in [3.63, 3.8) is 0 Å². The molecule has 1 aliphatic heterocycles. The molecule has 1 heterocycles. The molecule has 1 saturated heterocycles. The van der Waals surface area contributed by atoms with E-state index in [0.717, 1.165) is 12.5 Å². The highest BCUT2D eigenvalue weighted by Crippen LogP contribution is 2.13. The first-order valence-corrected chi connectivity index (χ1v) is 9.08. The largest absolute Gasteiger partial charge is 0.378 e. The summed E-state index contributed by atoms with van der Waals surface area (Å²) >= 11 is 0. The highest BCUT2D eigenvalue weighted by Gasteiger charge is 2.19. The first-order chi connectivity index (χ1) is 11.6. The van der Waals surface area contributed by atoms with Crippen LogP contribution in [-0.4, -0.2) is 57.7 Å². The van der Waals surface area contributed by atoms with Gasteiger partial charge in [0.2, 0.25) is 0 Å². The maximum absolute atomic E-state index is 4.38. The van der Waals surface area contributed by atoms with Crippen LogP contribution in [0.4, 0.5) is 5.69 Å². The normalized spacial score (nSPS) is 16.9. The Morgan fingerprint density at radius 2 is 2.04 bits per heavy atom. The Kier molecular flexibility index (Phi) is 7.37. The number of nitrogens with one attached hydrogen (secondary N) is 2. The molecular formula is C19H33N5.